The summed E-state index contributed by atoms with van der Waals surface area (Å²) in [6, 6.07) is 0. The normalized spacial score (nSPS) is 17.1. The van der Waals surface area contributed by atoms with Crippen LogP contribution in [0.2, 0.25) is 0 Å². The number of anilines is 1. The summed E-state index contributed by atoms with van der Waals surface area (Å²) < 4.78 is 2.13. The summed E-state index contributed by atoms with van der Waals surface area (Å²) in [5.74, 6) is 0.398. The van der Waals surface area contributed by atoms with E-state index in [1.54, 1.807) is 0 Å². The van der Waals surface area contributed by atoms with E-state index in [1.807, 2.05) is 6.92 Å². The molecule has 27 heavy (non-hydrogen) atoms. The van der Waals surface area contributed by atoms with Crippen LogP contribution in [-0.4, -0.2) is 31.8 Å². The molecule has 0 fully saturated rings. The van der Waals surface area contributed by atoms with Crippen LogP contribution in [0.5, 0.6) is 0 Å². The number of fused-ring (bicyclic) bond motifs is 2. The van der Waals surface area contributed by atoms with Crippen molar-refractivity contribution in [2.24, 2.45) is 5.73 Å². The molecule has 9 heteroatoms. The lowest BCUT2D eigenvalue weighted by molar-refractivity contribution is -0.115. The molecular formula is C18H23N5O2S2. The fourth-order valence-corrected chi connectivity index (χ4v) is 5.92. The van der Waals surface area contributed by atoms with Gasteiger partial charge in [-0.15, -0.1) is 21.5 Å². The number of carbonyl (C=O) groups excluding carboxylic acids is 2. The third-order valence-electron chi connectivity index (χ3n) is 5.13. The predicted molar refractivity (Wildman–Crippen MR) is 106 cm³/mol. The molecule has 0 spiro atoms. The molecule has 1 atom stereocenters. The molecule has 144 valence electrons. The molecule has 0 saturated heterocycles. The predicted octanol–water partition coefficient (Wildman–Crippen LogP) is 2.77. The van der Waals surface area contributed by atoms with Crippen LogP contribution in [0.15, 0.2) is 5.16 Å². The molecule has 4 rings (SSSR count). The molecule has 0 aromatic carbocycles. The molecule has 2 aromatic heterocycles. The number of thioether (sulfide) groups is 1. The Hall–Kier alpha value is -1.87. The van der Waals surface area contributed by atoms with E-state index in [0.29, 0.717) is 10.6 Å². The SMILES string of the molecule is C[C@@H](Sc1nnc2n1CCCCC2)C(=O)Nc1sc2c(c1C(N)=O)CCC2. The van der Waals surface area contributed by atoms with Crippen molar-refractivity contribution < 1.29 is 9.59 Å². The average molecular weight is 406 g/mol. The second-order valence-corrected chi connectivity index (χ2v) is 9.45. The first kappa shape index (κ1) is 18.5. The zero-order chi connectivity index (χ0) is 19.0. The van der Waals surface area contributed by atoms with Crippen molar-refractivity contribution in [3.8, 4) is 0 Å². The molecule has 3 heterocycles. The first-order valence-electron chi connectivity index (χ1n) is 9.38. The maximum absolute atomic E-state index is 12.7. The first-order valence-corrected chi connectivity index (χ1v) is 11.1. The number of rotatable bonds is 5. The maximum Gasteiger partial charge on any atom is 0.251 e. The van der Waals surface area contributed by atoms with Gasteiger partial charge in [0.1, 0.15) is 10.8 Å². The Morgan fingerprint density at radius 1 is 1.19 bits per heavy atom. The quantitative estimate of drug-likeness (QED) is 0.745. The van der Waals surface area contributed by atoms with Gasteiger partial charge in [0.25, 0.3) is 5.91 Å². The van der Waals surface area contributed by atoms with E-state index in [2.05, 4.69) is 20.1 Å². The Morgan fingerprint density at radius 2 is 2.04 bits per heavy atom. The molecule has 1 aliphatic heterocycles. The Kier molecular flexibility index (Phi) is 5.23. The van der Waals surface area contributed by atoms with Crippen LogP contribution in [0, 0.1) is 0 Å². The summed E-state index contributed by atoms with van der Waals surface area (Å²) in [4.78, 5) is 25.8. The van der Waals surface area contributed by atoms with Gasteiger partial charge in [0.2, 0.25) is 5.91 Å². The topological polar surface area (TPSA) is 103 Å². The number of carbonyl (C=O) groups is 2. The lowest BCUT2D eigenvalue weighted by Crippen LogP contribution is -2.24. The van der Waals surface area contributed by atoms with Gasteiger partial charge in [-0.25, -0.2) is 0 Å². The Bertz CT molecular complexity index is 889. The molecular weight excluding hydrogens is 382 g/mol. The van der Waals surface area contributed by atoms with Crippen molar-refractivity contribution in [3.63, 3.8) is 0 Å². The summed E-state index contributed by atoms with van der Waals surface area (Å²) in [5.41, 5.74) is 7.09. The molecule has 0 radical (unpaired) electrons. The number of nitrogens with zero attached hydrogens (tertiary/aromatic N) is 3. The number of nitrogens with one attached hydrogen (secondary N) is 1. The van der Waals surface area contributed by atoms with Gasteiger partial charge < -0.3 is 15.6 Å². The van der Waals surface area contributed by atoms with Crippen LogP contribution >= 0.6 is 23.1 Å². The Balaban J connectivity index is 1.48. The second kappa shape index (κ2) is 7.63. The summed E-state index contributed by atoms with van der Waals surface area (Å²) in [6.07, 6.45) is 7.24. The van der Waals surface area contributed by atoms with Crippen LogP contribution in [0.3, 0.4) is 0 Å². The molecule has 3 N–H and O–H groups in total. The highest BCUT2D eigenvalue weighted by Gasteiger charge is 2.28. The van der Waals surface area contributed by atoms with Gasteiger partial charge in [0, 0.05) is 17.8 Å². The third kappa shape index (κ3) is 3.62. The standard InChI is InChI=1S/C18H23N5O2S2/c1-10(26-18-22-21-13-8-3-2-4-9-23(13)18)16(25)20-17-14(15(19)24)11-6-5-7-12(11)27-17/h10H,2-9H2,1H3,(H2,19,24)(H,20,25)/t10-/m1/s1. The minimum Gasteiger partial charge on any atom is -0.365 e. The maximum atomic E-state index is 12.7. The van der Waals surface area contributed by atoms with Gasteiger partial charge in [-0.1, -0.05) is 18.2 Å². The van der Waals surface area contributed by atoms with Crippen LogP contribution in [0.1, 0.15) is 59.2 Å². The van der Waals surface area contributed by atoms with E-state index < -0.39 is 5.91 Å². The number of aromatic nitrogens is 3. The zero-order valence-corrected chi connectivity index (χ0v) is 16.9. The van der Waals surface area contributed by atoms with E-state index in [-0.39, 0.29) is 11.2 Å². The van der Waals surface area contributed by atoms with Crippen molar-refractivity contribution in [1.29, 1.82) is 0 Å². The number of thiophene rings is 1. The van der Waals surface area contributed by atoms with Crippen LogP contribution < -0.4 is 11.1 Å². The lowest BCUT2D eigenvalue weighted by atomic mass is 10.1. The van der Waals surface area contributed by atoms with E-state index in [4.69, 9.17) is 5.73 Å². The average Bonchev–Trinajstić information content (AvgIpc) is 3.25. The molecule has 7 nitrogen and oxygen atoms in total. The summed E-state index contributed by atoms with van der Waals surface area (Å²) in [5, 5.41) is 12.5. The molecule has 0 saturated carbocycles. The molecule has 2 aliphatic rings. The smallest absolute Gasteiger partial charge is 0.251 e. The van der Waals surface area contributed by atoms with Crippen molar-refractivity contribution in [1.82, 2.24) is 14.8 Å². The van der Waals surface area contributed by atoms with E-state index >= 15 is 0 Å². The van der Waals surface area contributed by atoms with Gasteiger partial charge in [-0.3, -0.25) is 9.59 Å². The number of amides is 2. The van der Waals surface area contributed by atoms with Crippen molar-refractivity contribution in [3.05, 3.63) is 21.8 Å². The van der Waals surface area contributed by atoms with Crippen molar-refractivity contribution >= 4 is 39.9 Å². The highest BCUT2D eigenvalue weighted by atomic mass is 32.2. The van der Waals surface area contributed by atoms with Gasteiger partial charge in [-0.05, 0) is 44.6 Å². The molecule has 2 amide bonds. The minimum atomic E-state index is -0.465. The van der Waals surface area contributed by atoms with Gasteiger partial charge in [0.05, 0.1) is 10.8 Å². The van der Waals surface area contributed by atoms with E-state index in [0.717, 1.165) is 61.6 Å². The monoisotopic (exact) mass is 405 g/mol. The molecule has 1 aliphatic carbocycles. The second-order valence-electron chi connectivity index (χ2n) is 7.04. The lowest BCUT2D eigenvalue weighted by Gasteiger charge is -2.13. The molecule has 2 aromatic rings. The van der Waals surface area contributed by atoms with Gasteiger partial charge in [0.15, 0.2) is 5.16 Å². The van der Waals surface area contributed by atoms with Crippen molar-refractivity contribution in [2.45, 2.75) is 68.8 Å². The summed E-state index contributed by atoms with van der Waals surface area (Å²) in [7, 11) is 0. The first-order chi connectivity index (χ1) is 13.0. The van der Waals surface area contributed by atoms with Gasteiger partial charge in [-0.2, -0.15) is 0 Å². The summed E-state index contributed by atoms with van der Waals surface area (Å²) >= 11 is 2.89. The van der Waals surface area contributed by atoms with E-state index in [9.17, 15) is 9.59 Å². The number of hydrogen-bond acceptors (Lipinski definition) is 6. The summed E-state index contributed by atoms with van der Waals surface area (Å²) in [6.45, 7) is 2.76. The van der Waals surface area contributed by atoms with Gasteiger partial charge >= 0.3 is 0 Å². The zero-order valence-electron chi connectivity index (χ0n) is 15.3. The van der Waals surface area contributed by atoms with Crippen molar-refractivity contribution in [2.75, 3.05) is 5.32 Å². The molecule has 0 bridgehead atoms. The fraction of sp³-hybridized carbons (Fsp3) is 0.556. The molecule has 0 unspecified atom stereocenters. The number of hydrogen-bond donors (Lipinski definition) is 2. The third-order valence-corrected chi connectivity index (χ3v) is 7.42. The minimum absolute atomic E-state index is 0.145. The van der Waals surface area contributed by atoms with Crippen LogP contribution in [0.4, 0.5) is 5.00 Å². The Morgan fingerprint density at radius 3 is 2.85 bits per heavy atom. The van der Waals surface area contributed by atoms with Crippen LogP contribution in [-0.2, 0) is 30.6 Å². The van der Waals surface area contributed by atoms with E-state index in [1.165, 1.54) is 34.4 Å². The largest absolute Gasteiger partial charge is 0.365 e. The highest BCUT2D eigenvalue weighted by molar-refractivity contribution is 8.00. The highest BCUT2D eigenvalue weighted by Crippen LogP contribution is 2.39. The number of primary amides is 1. The number of nitrogens with two attached hydrogens (primary N) is 1. The van der Waals surface area contributed by atoms with Crippen LogP contribution in [0.25, 0.3) is 0 Å². The number of aryl methyl sites for hydroxylation is 2. The fourth-order valence-electron chi connectivity index (χ4n) is 3.72. The Labute approximate surface area is 166 Å².